The first-order chi connectivity index (χ1) is 13.7. The van der Waals surface area contributed by atoms with Crippen molar-refractivity contribution in [3.63, 3.8) is 0 Å². The quantitative estimate of drug-likeness (QED) is 0.364. The van der Waals surface area contributed by atoms with Crippen LogP contribution >= 0.6 is 0 Å². The minimum atomic E-state index is -0.130. The average Bonchev–Trinajstić information content (AvgIpc) is 2.71. The third kappa shape index (κ3) is 4.89. The molecule has 0 spiro atoms. The molecule has 1 heterocycles. The van der Waals surface area contributed by atoms with Gasteiger partial charge in [-0.05, 0) is 37.5 Å². The number of carbonyl (C=O) groups is 1. The lowest BCUT2D eigenvalue weighted by Gasteiger charge is -2.10. The molecule has 3 aromatic rings. The Balaban J connectivity index is 1.73. The molecule has 0 aliphatic carbocycles. The van der Waals surface area contributed by atoms with Crippen LogP contribution in [-0.4, -0.2) is 12.6 Å². The third-order valence-corrected chi connectivity index (χ3v) is 4.77. The Kier molecular flexibility index (Phi) is 7.01. The van der Waals surface area contributed by atoms with Crippen LogP contribution in [0.4, 0.5) is 0 Å². The number of aryl methyl sites for hydroxylation is 1. The summed E-state index contributed by atoms with van der Waals surface area (Å²) in [6, 6.07) is 17.1. The molecular weight excluding hydrogens is 352 g/mol. The van der Waals surface area contributed by atoms with Gasteiger partial charge in [-0.2, -0.15) is 0 Å². The fourth-order valence-electron chi connectivity index (χ4n) is 3.40. The van der Waals surface area contributed by atoms with E-state index in [2.05, 4.69) is 0 Å². The summed E-state index contributed by atoms with van der Waals surface area (Å²) >= 11 is 0. The third-order valence-electron chi connectivity index (χ3n) is 4.77. The Morgan fingerprint density at radius 3 is 2.43 bits per heavy atom. The van der Waals surface area contributed by atoms with Crippen LogP contribution in [0.15, 0.2) is 63.8 Å². The molecule has 0 N–H and O–H groups in total. The zero-order valence-corrected chi connectivity index (χ0v) is 16.3. The molecule has 0 radical (unpaired) electrons. The number of para-hydroxylation sites is 1. The van der Waals surface area contributed by atoms with Gasteiger partial charge in [0.1, 0.15) is 11.3 Å². The highest BCUT2D eigenvalue weighted by Gasteiger charge is 2.15. The Morgan fingerprint density at radius 1 is 0.929 bits per heavy atom. The number of ether oxygens (including phenoxy) is 1. The smallest absolute Gasteiger partial charge is 0.305 e. The molecule has 3 rings (SSSR count). The standard InChI is InChI=1S/C24H26O4/c1-2-27-22(25)17-9-4-3-8-16-21-23(18-12-6-5-7-13-18)24(26)19-14-10-11-15-20(19)28-21/h5-7,10-15H,2-4,8-9,16-17H2,1H3. The van der Waals surface area contributed by atoms with Crippen molar-refractivity contribution in [1.29, 1.82) is 0 Å². The number of carbonyl (C=O) groups excluding carboxylic acids is 1. The molecule has 0 unspecified atom stereocenters. The van der Waals surface area contributed by atoms with E-state index in [0.29, 0.717) is 36.0 Å². The van der Waals surface area contributed by atoms with Crippen molar-refractivity contribution in [3.8, 4) is 11.1 Å². The van der Waals surface area contributed by atoms with Crippen LogP contribution in [0.25, 0.3) is 22.1 Å². The van der Waals surface area contributed by atoms with Gasteiger partial charge in [0.15, 0.2) is 0 Å². The minimum Gasteiger partial charge on any atom is -0.466 e. The molecule has 0 saturated heterocycles. The Morgan fingerprint density at radius 2 is 1.64 bits per heavy atom. The van der Waals surface area contributed by atoms with Gasteiger partial charge in [0.25, 0.3) is 0 Å². The van der Waals surface area contributed by atoms with E-state index in [-0.39, 0.29) is 11.4 Å². The van der Waals surface area contributed by atoms with Crippen molar-refractivity contribution in [2.75, 3.05) is 6.61 Å². The first-order valence-electron chi connectivity index (χ1n) is 9.96. The molecule has 0 saturated carbocycles. The van der Waals surface area contributed by atoms with E-state index >= 15 is 0 Å². The van der Waals surface area contributed by atoms with Crippen molar-refractivity contribution < 1.29 is 13.9 Å². The van der Waals surface area contributed by atoms with Gasteiger partial charge in [-0.3, -0.25) is 9.59 Å². The molecule has 0 bridgehead atoms. The van der Waals surface area contributed by atoms with Gasteiger partial charge in [0, 0.05) is 12.8 Å². The fourth-order valence-corrected chi connectivity index (χ4v) is 3.40. The van der Waals surface area contributed by atoms with E-state index in [0.717, 1.165) is 37.0 Å². The summed E-state index contributed by atoms with van der Waals surface area (Å²) in [6.45, 7) is 2.25. The van der Waals surface area contributed by atoms with Crippen LogP contribution in [0, 0.1) is 0 Å². The second-order valence-electron chi connectivity index (χ2n) is 6.81. The lowest BCUT2D eigenvalue weighted by Crippen LogP contribution is -2.09. The predicted octanol–water partition coefficient (Wildman–Crippen LogP) is 5.52. The highest BCUT2D eigenvalue weighted by Crippen LogP contribution is 2.26. The summed E-state index contributed by atoms with van der Waals surface area (Å²) in [4.78, 5) is 24.5. The molecule has 28 heavy (non-hydrogen) atoms. The lowest BCUT2D eigenvalue weighted by molar-refractivity contribution is -0.143. The largest absolute Gasteiger partial charge is 0.466 e. The summed E-state index contributed by atoms with van der Waals surface area (Å²) < 4.78 is 11.1. The van der Waals surface area contributed by atoms with E-state index in [4.69, 9.17) is 9.15 Å². The number of unbranched alkanes of at least 4 members (excludes halogenated alkanes) is 3. The molecule has 1 aromatic heterocycles. The summed E-state index contributed by atoms with van der Waals surface area (Å²) in [5.41, 5.74) is 2.19. The van der Waals surface area contributed by atoms with Crippen LogP contribution < -0.4 is 5.43 Å². The molecule has 0 aliphatic heterocycles. The normalized spacial score (nSPS) is 10.9. The molecule has 0 atom stereocenters. The highest BCUT2D eigenvalue weighted by atomic mass is 16.5. The fraction of sp³-hybridized carbons (Fsp3) is 0.333. The number of hydrogen-bond donors (Lipinski definition) is 0. The Bertz CT molecular complexity index is 973. The summed E-state index contributed by atoms with van der Waals surface area (Å²) in [5.74, 6) is 0.606. The second-order valence-corrected chi connectivity index (χ2v) is 6.81. The van der Waals surface area contributed by atoms with Crippen LogP contribution in [0.2, 0.25) is 0 Å². The van der Waals surface area contributed by atoms with E-state index in [1.165, 1.54) is 0 Å². The molecule has 146 valence electrons. The zero-order chi connectivity index (χ0) is 19.8. The topological polar surface area (TPSA) is 56.5 Å². The maximum absolute atomic E-state index is 13.1. The number of hydrogen-bond acceptors (Lipinski definition) is 4. The SMILES string of the molecule is CCOC(=O)CCCCCCc1oc2ccccc2c(=O)c1-c1ccccc1. The van der Waals surface area contributed by atoms with Crippen molar-refractivity contribution >= 4 is 16.9 Å². The van der Waals surface area contributed by atoms with Gasteiger partial charge in [-0.15, -0.1) is 0 Å². The van der Waals surface area contributed by atoms with E-state index in [9.17, 15) is 9.59 Å². The van der Waals surface area contributed by atoms with Crippen LogP contribution in [0.1, 0.15) is 44.8 Å². The van der Waals surface area contributed by atoms with Crippen molar-refractivity contribution in [2.45, 2.75) is 45.4 Å². The Hall–Kier alpha value is -2.88. The lowest BCUT2D eigenvalue weighted by atomic mass is 9.99. The molecule has 4 heteroatoms. The van der Waals surface area contributed by atoms with Gasteiger partial charge >= 0.3 is 5.97 Å². The highest BCUT2D eigenvalue weighted by molar-refractivity contribution is 5.82. The van der Waals surface area contributed by atoms with Crippen LogP contribution in [0.5, 0.6) is 0 Å². The van der Waals surface area contributed by atoms with Gasteiger partial charge in [0.2, 0.25) is 5.43 Å². The number of rotatable bonds is 9. The van der Waals surface area contributed by atoms with E-state index in [1.54, 1.807) is 0 Å². The van der Waals surface area contributed by atoms with Crippen LogP contribution in [-0.2, 0) is 16.0 Å². The average molecular weight is 378 g/mol. The summed E-state index contributed by atoms with van der Waals surface area (Å²) in [7, 11) is 0. The van der Waals surface area contributed by atoms with Crippen LogP contribution in [0.3, 0.4) is 0 Å². The summed E-state index contributed by atoms with van der Waals surface area (Å²) in [5, 5.41) is 0.611. The predicted molar refractivity (Wildman–Crippen MR) is 111 cm³/mol. The molecule has 2 aromatic carbocycles. The van der Waals surface area contributed by atoms with E-state index < -0.39 is 0 Å². The van der Waals surface area contributed by atoms with Crippen molar-refractivity contribution in [1.82, 2.24) is 0 Å². The molecular formula is C24H26O4. The molecule has 4 nitrogen and oxygen atoms in total. The van der Waals surface area contributed by atoms with Gasteiger partial charge in [0.05, 0.1) is 17.6 Å². The van der Waals surface area contributed by atoms with E-state index in [1.807, 2.05) is 61.5 Å². The maximum Gasteiger partial charge on any atom is 0.305 e. The maximum atomic E-state index is 13.1. The number of fused-ring (bicyclic) bond motifs is 1. The molecule has 0 aliphatic rings. The van der Waals surface area contributed by atoms with Gasteiger partial charge < -0.3 is 9.15 Å². The first kappa shape index (κ1) is 19.9. The second kappa shape index (κ2) is 9.88. The minimum absolute atomic E-state index is 0.0189. The molecule has 0 amide bonds. The van der Waals surface area contributed by atoms with Gasteiger partial charge in [-0.1, -0.05) is 55.3 Å². The summed E-state index contributed by atoms with van der Waals surface area (Å²) in [6.07, 6.45) is 4.83. The van der Waals surface area contributed by atoms with Gasteiger partial charge in [-0.25, -0.2) is 0 Å². The monoisotopic (exact) mass is 378 g/mol. The zero-order valence-electron chi connectivity index (χ0n) is 16.3. The number of benzene rings is 2. The van der Waals surface area contributed by atoms with Crippen molar-refractivity contribution in [3.05, 3.63) is 70.6 Å². The number of esters is 1. The Labute approximate surface area is 165 Å². The van der Waals surface area contributed by atoms with Crippen molar-refractivity contribution in [2.24, 2.45) is 0 Å². The molecule has 0 fully saturated rings. The first-order valence-corrected chi connectivity index (χ1v) is 9.96.